The Hall–Kier alpha value is -3.00. The molecule has 0 aliphatic heterocycles. The molecule has 0 aromatic heterocycles. The van der Waals surface area contributed by atoms with E-state index in [-0.39, 0.29) is 27.5 Å². The summed E-state index contributed by atoms with van der Waals surface area (Å²) in [5.41, 5.74) is 0.0532. The Morgan fingerprint density at radius 1 is 1.31 bits per heavy atom. The summed E-state index contributed by atoms with van der Waals surface area (Å²) in [6, 6.07) is 7.40. The van der Waals surface area contributed by atoms with Crippen molar-refractivity contribution in [2.75, 3.05) is 5.32 Å². The van der Waals surface area contributed by atoms with Gasteiger partial charge in [-0.1, -0.05) is 17.7 Å². The minimum absolute atomic E-state index is 0.00796. The second-order valence-corrected chi connectivity index (χ2v) is 5.77. The van der Waals surface area contributed by atoms with Crippen molar-refractivity contribution in [1.82, 2.24) is 0 Å². The molecule has 136 valence electrons. The number of nitrogens with one attached hydrogen (secondary N) is 1. The fraction of sp³-hybridized carbons (Fsp3) is 0.176. The first-order valence-corrected chi connectivity index (χ1v) is 7.79. The van der Waals surface area contributed by atoms with Crippen molar-refractivity contribution in [1.29, 1.82) is 0 Å². The molecule has 0 aliphatic rings. The molecule has 0 radical (unpaired) electrons. The number of rotatable bonds is 5. The van der Waals surface area contributed by atoms with Crippen LogP contribution in [0.1, 0.15) is 22.8 Å². The van der Waals surface area contributed by atoms with Crippen LogP contribution in [0.25, 0.3) is 0 Å². The molecule has 7 nitrogen and oxygen atoms in total. The van der Waals surface area contributed by atoms with Gasteiger partial charge >= 0.3 is 5.97 Å². The van der Waals surface area contributed by atoms with Gasteiger partial charge in [0.15, 0.2) is 6.10 Å². The molecule has 1 N–H and O–H groups in total. The molecule has 9 heteroatoms. The third kappa shape index (κ3) is 4.34. The molecule has 0 fully saturated rings. The quantitative estimate of drug-likeness (QED) is 0.482. The molecule has 26 heavy (non-hydrogen) atoms. The highest BCUT2D eigenvalue weighted by Crippen LogP contribution is 2.24. The number of carbonyl (C=O) groups is 2. The van der Waals surface area contributed by atoms with Gasteiger partial charge in [-0.25, -0.2) is 9.18 Å². The van der Waals surface area contributed by atoms with E-state index in [9.17, 15) is 24.1 Å². The standard InChI is InChI=1S/C17H14ClFN2O5/c1-9-12(4-3-5-15(9)21(24)25)17(23)26-10(2)16(22)20-14-7-6-11(19)8-13(14)18/h3-8,10H,1-2H3,(H,20,22). The lowest BCUT2D eigenvalue weighted by Gasteiger charge is -2.15. The van der Waals surface area contributed by atoms with Crippen LogP contribution >= 0.6 is 11.6 Å². The zero-order chi connectivity index (χ0) is 19.4. The fourth-order valence-corrected chi connectivity index (χ4v) is 2.36. The molecule has 0 bridgehead atoms. The lowest BCUT2D eigenvalue weighted by molar-refractivity contribution is -0.385. The molecular weight excluding hydrogens is 367 g/mol. The van der Waals surface area contributed by atoms with Crippen LogP contribution in [-0.4, -0.2) is 22.9 Å². The normalized spacial score (nSPS) is 11.5. The summed E-state index contributed by atoms with van der Waals surface area (Å²) in [7, 11) is 0. The van der Waals surface area contributed by atoms with Crippen molar-refractivity contribution in [2.24, 2.45) is 0 Å². The Balaban J connectivity index is 2.10. The van der Waals surface area contributed by atoms with Gasteiger partial charge < -0.3 is 10.1 Å². The molecule has 2 rings (SSSR count). The van der Waals surface area contributed by atoms with Gasteiger partial charge in [0.2, 0.25) is 0 Å². The van der Waals surface area contributed by atoms with Gasteiger partial charge in [0.25, 0.3) is 11.6 Å². The number of nitrogens with zero attached hydrogens (tertiary/aromatic N) is 1. The predicted octanol–water partition coefficient (Wildman–Crippen LogP) is 3.88. The van der Waals surface area contributed by atoms with Crippen molar-refractivity contribution in [3.05, 3.63) is 68.5 Å². The summed E-state index contributed by atoms with van der Waals surface area (Å²) in [5.74, 6) is -2.12. The highest BCUT2D eigenvalue weighted by molar-refractivity contribution is 6.33. The summed E-state index contributed by atoms with van der Waals surface area (Å²) < 4.78 is 18.1. The van der Waals surface area contributed by atoms with E-state index in [2.05, 4.69) is 5.32 Å². The summed E-state index contributed by atoms with van der Waals surface area (Å²) in [4.78, 5) is 34.7. The molecule has 0 aliphatic carbocycles. The maximum absolute atomic E-state index is 13.0. The molecule has 1 unspecified atom stereocenters. The number of hydrogen-bond acceptors (Lipinski definition) is 5. The first kappa shape index (κ1) is 19.3. The largest absolute Gasteiger partial charge is 0.449 e. The van der Waals surface area contributed by atoms with Gasteiger partial charge in [0, 0.05) is 11.6 Å². The Bertz CT molecular complexity index is 887. The Kier molecular flexibility index (Phi) is 5.89. The average molecular weight is 381 g/mol. The molecule has 1 atom stereocenters. The summed E-state index contributed by atoms with van der Waals surface area (Å²) in [5, 5.41) is 13.3. The molecule has 0 saturated carbocycles. The van der Waals surface area contributed by atoms with E-state index < -0.39 is 28.7 Å². The molecule has 2 aromatic rings. The van der Waals surface area contributed by atoms with Gasteiger partial charge in [-0.05, 0) is 38.1 Å². The molecule has 1 amide bonds. The van der Waals surface area contributed by atoms with Crippen LogP contribution < -0.4 is 5.32 Å². The minimum Gasteiger partial charge on any atom is -0.449 e. The summed E-state index contributed by atoms with van der Waals surface area (Å²) in [6.07, 6.45) is -1.21. The van der Waals surface area contributed by atoms with E-state index in [1.54, 1.807) is 0 Å². The van der Waals surface area contributed by atoms with Crippen molar-refractivity contribution in [3.8, 4) is 0 Å². The molecule has 0 heterocycles. The number of ether oxygens (including phenoxy) is 1. The number of nitro benzene ring substituents is 1. The second-order valence-electron chi connectivity index (χ2n) is 5.37. The van der Waals surface area contributed by atoms with Crippen LogP contribution in [0.2, 0.25) is 5.02 Å². The van der Waals surface area contributed by atoms with Gasteiger partial charge in [-0.2, -0.15) is 0 Å². The van der Waals surface area contributed by atoms with E-state index in [4.69, 9.17) is 16.3 Å². The highest BCUT2D eigenvalue weighted by Gasteiger charge is 2.23. The van der Waals surface area contributed by atoms with Crippen LogP contribution in [0.4, 0.5) is 15.8 Å². The molecule has 0 saturated heterocycles. The third-order valence-electron chi connectivity index (χ3n) is 3.56. The zero-order valence-electron chi connectivity index (χ0n) is 13.8. The number of amides is 1. The smallest absolute Gasteiger partial charge is 0.339 e. The zero-order valence-corrected chi connectivity index (χ0v) is 14.5. The Labute approximate surface area is 152 Å². The third-order valence-corrected chi connectivity index (χ3v) is 3.88. The van der Waals surface area contributed by atoms with Crippen molar-refractivity contribution < 1.29 is 23.6 Å². The molecule has 2 aromatic carbocycles. The summed E-state index contributed by atoms with van der Waals surface area (Å²) in [6.45, 7) is 2.75. The monoisotopic (exact) mass is 380 g/mol. The van der Waals surface area contributed by atoms with Crippen LogP contribution in [0.15, 0.2) is 36.4 Å². The van der Waals surface area contributed by atoms with Gasteiger partial charge in [-0.15, -0.1) is 0 Å². The van der Waals surface area contributed by atoms with Crippen molar-refractivity contribution in [2.45, 2.75) is 20.0 Å². The summed E-state index contributed by atoms with van der Waals surface area (Å²) >= 11 is 5.82. The van der Waals surface area contributed by atoms with Crippen LogP contribution in [0.5, 0.6) is 0 Å². The number of esters is 1. The SMILES string of the molecule is Cc1c(C(=O)OC(C)C(=O)Nc2ccc(F)cc2Cl)cccc1[N+](=O)[O-]. The fourth-order valence-electron chi connectivity index (χ4n) is 2.15. The Morgan fingerprint density at radius 2 is 2.00 bits per heavy atom. The van der Waals surface area contributed by atoms with E-state index in [1.165, 1.54) is 38.1 Å². The van der Waals surface area contributed by atoms with E-state index in [0.29, 0.717) is 0 Å². The van der Waals surface area contributed by atoms with Crippen LogP contribution in [0.3, 0.4) is 0 Å². The lowest BCUT2D eigenvalue weighted by atomic mass is 10.1. The van der Waals surface area contributed by atoms with Crippen LogP contribution in [0, 0.1) is 22.9 Å². The maximum atomic E-state index is 13.0. The van der Waals surface area contributed by atoms with Crippen LogP contribution in [-0.2, 0) is 9.53 Å². The predicted molar refractivity (Wildman–Crippen MR) is 92.8 cm³/mol. The molecule has 0 spiro atoms. The minimum atomic E-state index is -1.21. The lowest BCUT2D eigenvalue weighted by Crippen LogP contribution is -2.30. The topological polar surface area (TPSA) is 98.5 Å². The number of carbonyl (C=O) groups excluding carboxylic acids is 2. The highest BCUT2D eigenvalue weighted by atomic mass is 35.5. The number of halogens is 2. The number of anilines is 1. The van der Waals surface area contributed by atoms with Crippen molar-refractivity contribution in [3.63, 3.8) is 0 Å². The van der Waals surface area contributed by atoms with Gasteiger partial charge in [0.05, 0.1) is 21.2 Å². The average Bonchev–Trinajstić information content (AvgIpc) is 2.57. The molecular formula is C17H14ClFN2O5. The van der Waals surface area contributed by atoms with E-state index in [1.807, 2.05) is 0 Å². The second kappa shape index (κ2) is 7.92. The number of hydrogen-bond donors (Lipinski definition) is 1. The number of nitro groups is 1. The van der Waals surface area contributed by atoms with Gasteiger partial charge in [0.1, 0.15) is 5.82 Å². The Morgan fingerprint density at radius 3 is 2.62 bits per heavy atom. The van der Waals surface area contributed by atoms with Crippen molar-refractivity contribution >= 4 is 34.9 Å². The first-order chi connectivity index (χ1) is 12.2. The van der Waals surface area contributed by atoms with Gasteiger partial charge in [-0.3, -0.25) is 14.9 Å². The first-order valence-electron chi connectivity index (χ1n) is 7.41. The number of benzene rings is 2. The van der Waals surface area contributed by atoms with E-state index >= 15 is 0 Å². The maximum Gasteiger partial charge on any atom is 0.339 e. The van der Waals surface area contributed by atoms with E-state index in [0.717, 1.165) is 12.1 Å².